The topological polar surface area (TPSA) is 41.3 Å². The molecule has 108 valence electrons. The molecule has 1 fully saturated rings. The molecule has 4 nitrogen and oxygen atoms in total. The molecule has 0 spiro atoms. The summed E-state index contributed by atoms with van der Waals surface area (Å²) in [5.41, 5.74) is 1.41. The van der Waals surface area contributed by atoms with E-state index >= 15 is 0 Å². The van der Waals surface area contributed by atoms with Gasteiger partial charge in [-0.1, -0.05) is 27.7 Å². The molecular formula is C15H27N3O. The summed E-state index contributed by atoms with van der Waals surface area (Å²) in [4.78, 5) is 6.83. The lowest BCUT2D eigenvalue weighted by Gasteiger charge is -2.38. The van der Waals surface area contributed by atoms with Crippen LogP contribution in [0.3, 0.4) is 0 Å². The van der Waals surface area contributed by atoms with E-state index in [1.165, 1.54) is 12.8 Å². The van der Waals surface area contributed by atoms with Gasteiger partial charge in [0, 0.05) is 19.6 Å². The van der Waals surface area contributed by atoms with Gasteiger partial charge >= 0.3 is 0 Å². The molecule has 1 aliphatic heterocycles. The number of nitrogens with one attached hydrogen (secondary N) is 1. The molecule has 2 heterocycles. The molecule has 2 rings (SSSR count). The summed E-state index contributed by atoms with van der Waals surface area (Å²) < 4.78 is 5.60. The summed E-state index contributed by atoms with van der Waals surface area (Å²) >= 11 is 0. The van der Waals surface area contributed by atoms with E-state index in [4.69, 9.17) is 4.42 Å². The van der Waals surface area contributed by atoms with Gasteiger partial charge in [-0.15, -0.1) is 0 Å². The molecule has 1 saturated heterocycles. The number of hydrogen-bond donors (Lipinski definition) is 1. The molecule has 0 saturated carbocycles. The van der Waals surface area contributed by atoms with E-state index in [0.29, 0.717) is 5.41 Å². The maximum Gasteiger partial charge on any atom is 0.297 e. The van der Waals surface area contributed by atoms with Gasteiger partial charge in [0.05, 0.1) is 5.69 Å². The van der Waals surface area contributed by atoms with Crippen LogP contribution in [0.5, 0.6) is 0 Å². The van der Waals surface area contributed by atoms with Gasteiger partial charge < -0.3 is 14.6 Å². The average Bonchev–Trinajstić information content (AvgIpc) is 2.84. The van der Waals surface area contributed by atoms with Crippen molar-refractivity contribution in [3.63, 3.8) is 0 Å². The lowest BCUT2D eigenvalue weighted by Crippen LogP contribution is -2.38. The Bertz CT molecular complexity index is 386. The van der Waals surface area contributed by atoms with Crippen molar-refractivity contribution in [2.24, 2.45) is 11.3 Å². The first kappa shape index (κ1) is 14.4. The Kier molecular flexibility index (Phi) is 4.50. The average molecular weight is 265 g/mol. The zero-order valence-corrected chi connectivity index (χ0v) is 12.7. The summed E-state index contributed by atoms with van der Waals surface area (Å²) in [5.74, 6) is 0.806. The van der Waals surface area contributed by atoms with Crippen LogP contribution in [-0.2, 0) is 6.54 Å². The van der Waals surface area contributed by atoms with Crippen molar-refractivity contribution in [1.29, 1.82) is 0 Å². The maximum atomic E-state index is 5.60. The molecule has 0 radical (unpaired) electrons. The molecule has 0 unspecified atom stereocenters. The van der Waals surface area contributed by atoms with Gasteiger partial charge in [0.2, 0.25) is 0 Å². The molecule has 0 aromatic carbocycles. The van der Waals surface area contributed by atoms with Gasteiger partial charge in [-0.05, 0) is 30.7 Å². The van der Waals surface area contributed by atoms with Gasteiger partial charge in [-0.25, -0.2) is 0 Å². The molecule has 1 aromatic heterocycles. The van der Waals surface area contributed by atoms with E-state index in [-0.39, 0.29) is 0 Å². The highest BCUT2D eigenvalue weighted by molar-refractivity contribution is 5.27. The van der Waals surface area contributed by atoms with Crippen molar-refractivity contribution < 1.29 is 4.42 Å². The first-order chi connectivity index (χ1) is 9.00. The minimum absolute atomic E-state index is 0.416. The fourth-order valence-electron chi connectivity index (χ4n) is 2.71. The summed E-state index contributed by atoms with van der Waals surface area (Å²) in [6, 6.07) is 0.792. The molecule has 0 bridgehead atoms. The third kappa shape index (κ3) is 3.72. The van der Waals surface area contributed by atoms with Crippen LogP contribution >= 0.6 is 0 Å². The van der Waals surface area contributed by atoms with Crippen LogP contribution < -0.4 is 10.2 Å². The number of aromatic nitrogens is 1. The predicted octanol–water partition coefficient (Wildman–Crippen LogP) is 3.05. The standard InChI is InChI=1S/C15H27N3O/c1-5-16-10-13-11-19-14(17-13)18-8-6-12(7-9-18)15(2,3)4/h11-12,16H,5-10H2,1-4H3. The summed E-state index contributed by atoms with van der Waals surface area (Å²) in [5, 5.41) is 3.27. The second kappa shape index (κ2) is 5.95. The van der Waals surface area contributed by atoms with Crippen LogP contribution in [0.4, 0.5) is 6.01 Å². The Morgan fingerprint density at radius 1 is 1.37 bits per heavy atom. The largest absolute Gasteiger partial charge is 0.432 e. The lowest BCUT2D eigenvalue weighted by molar-refractivity contribution is 0.196. The number of nitrogens with zero attached hydrogens (tertiary/aromatic N) is 2. The number of rotatable bonds is 4. The van der Waals surface area contributed by atoms with Crippen molar-refractivity contribution in [3.05, 3.63) is 12.0 Å². The molecule has 4 heteroatoms. The van der Waals surface area contributed by atoms with Crippen LogP contribution in [0.2, 0.25) is 0 Å². The molecule has 1 aromatic rings. The minimum atomic E-state index is 0.416. The summed E-state index contributed by atoms with van der Waals surface area (Å²) in [6.07, 6.45) is 4.23. The minimum Gasteiger partial charge on any atom is -0.432 e. The number of hydrogen-bond acceptors (Lipinski definition) is 4. The third-order valence-corrected chi connectivity index (χ3v) is 4.09. The Hall–Kier alpha value is -1.03. The Labute approximate surface area is 116 Å². The van der Waals surface area contributed by atoms with E-state index in [1.54, 1.807) is 6.26 Å². The molecule has 19 heavy (non-hydrogen) atoms. The van der Waals surface area contributed by atoms with Crippen LogP contribution in [-0.4, -0.2) is 24.6 Å². The Morgan fingerprint density at radius 3 is 2.63 bits per heavy atom. The highest BCUT2D eigenvalue weighted by Gasteiger charge is 2.30. The second-order valence-electron chi connectivity index (χ2n) is 6.53. The van der Waals surface area contributed by atoms with Gasteiger partial charge in [-0.3, -0.25) is 0 Å². The van der Waals surface area contributed by atoms with E-state index in [1.807, 2.05) is 0 Å². The van der Waals surface area contributed by atoms with Gasteiger partial charge in [-0.2, -0.15) is 4.98 Å². The molecule has 1 aliphatic rings. The van der Waals surface area contributed by atoms with E-state index in [0.717, 1.165) is 43.8 Å². The first-order valence-electron chi connectivity index (χ1n) is 7.40. The van der Waals surface area contributed by atoms with Crippen molar-refractivity contribution >= 4 is 6.01 Å². The maximum absolute atomic E-state index is 5.60. The van der Waals surface area contributed by atoms with Crippen LogP contribution in [0, 0.1) is 11.3 Å². The zero-order chi connectivity index (χ0) is 13.9. The molecule has 0 atom stereocenters. The smallest absolute Gasteiger partial charge is 0.297 e. The predicted molar refractivity (Wildman–Crippen MR) is 78.3 cm³/mol. The van der Waals surface area contributed by atoms with Gasteiger partial charge in [0.1, 0.15) is 6.26 Å². The summed E-state index contributed by atoms with van der Waals surface area (Å²) in [6.45, 7) is 13.0. The number of piperidine rings is 1. The molecule has 1 N–H and O–H groups in total. The number of oxazole rings is 1. The quantitative estimate of drug-likeness (QED) is 0.908. The molecular weight excluding hydrogens is 238 g/mol. The van der Waals surface area contributed by atoms with Gasteiger partial charge in [0.25, 0.3) is 6.01 Å². The van der Waals surface area contributed by atoms with Crippen molar-refractivity contribution in [2.75, 3.05) is 24.5 Å². The normalized spacial score (nSPS) is 18.0. The highest BCUT2D eigenvalue weighted by Crippen LogP contribution is 2.35. The fourth-order valence-corrected chi connectivity index (χ4v) is 2.71. The van der Waals surface area contributed by atoms with E-state index < -0.39 is 0 Å². The summed E-state index contributed by atoms with van der Waals surface area (Å²) in [7, 11) is 0. The number of anilines is 1. The van der Waals surface area contributed by atoms with Crippen molar-refractivity contribution in [3.8, 4) is 0 Å². The fraction of sp³-hybridized carbons (Fsp3) is 0.800. The lowest BCUT2D eigenvalue weighted by atomic mass is 9.75. The third-order valence-electron chi connectivity index (χ3n) is 4.09. The van der Waals surface area contributed by atoms with Gasteiger partial charge in [0.15, 0.2) is 0 Å². The van der Waals surface area contributed by atoms with Crippen LogP contribution in [0.25, 0.3) is 0 Å². The SMILES string of the molecule is CCNCc1coc(N2CCC(C(C)(C)C)CC2)n1. The van der Waals surface area contributed by atoms with Crippen molar-refractivity contribution in [1.82, 2.24) is 10.3 Å². The van der Waals surface area contributed by atoms with Crippen molar-refractivity contribution in [2.45, 2.75) is 47.1 Å². The Balaban J connectivity index is 1.89. The van der Waals surface area contributed by atoms with E-state index in [9.17, 15) is 0 Å². The van der Waals surface area contributed by atoms with Crippen LogP contribution in [0.15, 0.2) is 10.7 Å². The second-order valence-corrected chi connectivity index (χ2v) is 6.53. The Morgan fingerprint density at radius 2 is 2.05 bits per heavy atom. The zero-order valence-electron chi connectivity index (χ0n) is 12.7. The molecule has 0 aliphatic carbocycles. The first-order valence-corrected chi connectivity index (χ1v) is 7.40. The van der Waals surface area contributed by atoms with E-state index in [2.05, 4.69) is 42.9 Å². The molecule has 0 amide bonds. The highest BCUT2D eigenvalue weighted by atomic mass is 16.4. The monoisotopic (exact) mass is 265 g/mol. The van der Waals surface area contributed by atoms with Crippen LogP contribution in [0.1, 0.15) is 46.2 Å².